The fourth-order valence-electron chi connectivity index (χ4n) is 1.33. The first-order valence-corrected chi connectivity index (χ1v) is 5.07. The topological polar surface area (TPSA) is 68.6 Å². The van der Waals surface area contributed by atoms with E-state index in [0.717, 1.165) is 17.3 Å². The van der Waals surface area contributed by atoms with E-state index in [0.29, 0.717) is 26.4 Å². The van der Waals surface area contributed by atoms with Gasteiger partial charge in [0.2, 0.25) is 0 Å². The number of rotatable bonds is 5. The van der Waals surface area contributed by atoms with Crippen molar-refractivity contribution in [2.24, 2.45) is 4.99 Å². The van der Waals surface area contributed by atoms with Gasteiger partial charge >= 0.3 is 0 Å². The first-order chi connectivity index (χ1) is 7.90. The predicted octanol–water partition coefficient (Wildman–Crippen LogP) is 0.464. The molecule has 1 aliphatic heterocycles. The molecule has 16 heavy (non-hydrogen) atoms. The number of aromatic nitrogens is 2. The van der Waals surface area contributed by atoms with Crippen molar-refractivity contribution >= 4 is 11.7 Å². The van der Waals surface area contributed by atoms with Crippen LogP contribution in [0.15, 0.2) is 17.4 Å². The highest BCUT2D eigenvalue weighted by molar-refractivity contribution is 5.97. The van der Waals surface area contributed by atoms with E-state index in [1.54, 1.807) is 19.5 Å². The summed E-state index contributed by atoms with van der Waals surface area (Å²) in [6.07, 6.45) is 3.32. The summed E-state index contributed by atoms with van der Waals surface area (Å²) >= 11 is 0. The highest BCUT2D eigenvalue weighted by Gasteiger charge is 2.12. The van der Waals surface area contributed by atoms with E-state index >= 15 is 0 Å². The number of methoxy groups -OCH3 is 1. The molecule has 0 fully saturated rings. The molecule has 86 valence electrons. The summed E-state index contributed by atoms with van der Waals surface area (Å²) in [4.78, 5) is 12.7. The van der Waals surface area contributed by atoms with Crippen molar-refractivity contribution < 1.29 is 9.47 Å². The minimum Gasteiger partial charge on any atom is -0.382 e. The largest absolute Gasteiger partial charge is 0.382 e. The van der Waals surface area contributed by atoms with Gasteiger partial charge in [-0.15, -0.1) is 0 Å². The highest BCUT2D eigenvalue weighted by Crippen LogP contribution is 2.13. The number of nitrogens with zero attached hydrogens (tertiary/aromatic N) is 3. The summed E-state index contributed by atoms with van der Waals surface area (Å²) in [5.74, 6) is 1.55. The molecule has 1 N–H and O–H groups in total. The summed E-state index contributed by atoms with van der Waals surface area (Å²) < 4.78 is 10.2. The van der Waals surface area contributed by atoms with Gasteiger partial charge in [0.15, 0.2) is 5.82 Å². The van der Waals surface area contributed by atoms with Crippen LogP contribution in [0.5, 0.6) is 0 Å². The first-order valence-electron chi connectivity index (χ1n) is 5.07. The van der Waals surface area contributed by atoms with Crippen LogP contribution in [0, 0.1) is 0 Å². The van der Waals surface area contributed by atoms with E-state index in [2.05, 4.69) is 20.3 Å². The zero-order valence-electron chi connectivity index (χ0n) is 9.14. The van der Waals surface area contributed by atoms with Gasteiger partial charge in [-0.05, 0) is 0 Å². The van der Waals surface area contributed by atoms with E-state index in [9.17, 15) is 0 Å². The van der Waals surface area contributed by atoms with Crippen LogP contribution in [0.4, 0.5) is 5.82 Å². The Morgan fingerprint density at radius 2 is 2.19 bits per heavy atom. The Labute approximate surface area is 93.7 Å². The lowest BCUT2D eigenvalue weighted by Gasteiger charge is -2.16. The molecule has 6 nitrogen and oxygen atoms in total. The second-order valence-electron chi connectivity index (χ2n) is 3.28. The predicted molar refractivity (Wildman–Crippen MR) is 59.5 cm³/mol. The van der Waals surface area contributed by atoms with Crippen LogP contribution in [-0.4, -0.2) is 42.7 Å². The first kappa shape index (κ1) is 11.0. The average molecular weight is 222 g/mol. The normalized spacial score (nSPS) is 13.9. The van der Waals surface area contributed by atoms with Crippen molar-refractivity contribution in [3.8, 4) is 0 Å². The van der Waals surface area contributed by atoms with Crippen LogP contribution in [0.3, 0.4) is 0 Å². The Kier molecular flexibility index (Phi) is 3.79. The standard InChI is InChI=1S/C10H14N4O2/c1-15-4-5-16-7-9-13-6-8-10(14-9)12-3-2-11-8/h2-3H,4-7H2,1H3,(H,12,13,14). The van der Waals surface area contributed by atoms with Gasteiger partial charge in [0.1, 0.15) is 18.1 Å². The molecule has 0 aliphatic carbocycles. The quantitative estimate of drug-likeness (QED) is 0.733. The molecule has 0 atom stereocenters. The van der Waals surface area contributed by atoms with Gasteiger partial charge in [-0.25, -0.2) is 4.98 Å². The summed E-state index contributed by atoms with van der Waals surface area (Å²) in [5, 5.41) is 3.08. The summed E-state index contributed by atoms with van der Waals surface area (Å²) in [6, 6.07) is 0. The summed E-state index contributed by atoms with van der Waals surface area (Å²) in [5.41, 5.74) is 0.864. The Hall–Kier alpha value is -1.53. The molecule has 0 saturated heterocycles. The fraction of sp³-hybridized carbons (Fsp3) is 0.500. The van der Waals surface area contributed by atoms with Gasteiger partial charge < -0.3 is 14.8 Å². The third-order valence-corrected chi connectivity index (χ3v) is 2.13. The number of hydrogen-bond donors (Lipinski definition) is 1. The van der Waals surface area contributed by atoms with Crippen LogP contribution >= 0.6 is 0 Å². The Balaban J connectivity index is 1.84. The summed E-state index contributed by atoms with van der Waals surface area (Å²) in [7, 11) is 1.64. The van der Waals surface area contributed by atoms with E-state index in [4.69, 9.17) is 9.47 Å². The van der Waals surface area contributed by atoms with Crippen molar-refractivity contribution in [3.63, 3.8) is 0 Å². The SMILES string of the molecule is COCCOCC1=NCc2nccnc2N1. The maximum absolute atomic E-state index is 5.36. The number of nitrogens with one attached hydrogen (secondary N) is 1. The second-order valence-corrected chi connectivity index (χ2v) is 3.28. The van der Waals surface area contributed by atoms with Crippen molar-refractivity contribution in [1.82, 2.24) is 9.97 Å². The molecule has 0 saturated carbocycles. The van der Waals surface area contributed by atoms with Gasteiger partial charge in [-0.2, -0.15) is 0 Å². The van der Waals surface area contributed by atoms with E-state index in [1.807, 2.05) is 0 Å². The summed E-state index contributed by atoms with van der Waals surface area (Å²) in [6.45, 7) is 2.15. The number of ether oxygens (including phenoxy) is 2. The molecule has 0 unspecified atom stereocenters. The maximum atomic E-state index is 5.36. The van der Waals surface area contributed by atoms with Crippen LogP contribution in [-0.2, 0) is 16.0 Å². The number of aliphatic imine (C=N–C) groups is 1. The lowest BCUT2D eigenvalue weighted by molar-refractivity contribution is 0.0899. The molecular formula is C10H14N4O2. The minimum atomic E-state index is 0.444. The minimum absolute atomic E-state index is 0.444. The van der Waals surface area contributed by atoms with Crippen molar-refractivity contribution in [1.29, 1.82) is 0 Å². The monoisotopic (exact) mass is 222 g/mol. The van der Waals surface area contributed by atoms with Gasteiger partial charge in [0.25, 0.3) is 0 Å². The molecule has 0 spiro atoms. The lowest BCUT2D eigenvalue weighted by atomic mass is 10.3. The molecule has 0 amide bonds. The molecular weight excluding hydrogens is 208 g/mol. The smallest absolute Gasteiger partial charge is 0.155 e. The Morgan fingerprint density at radius 3 is 3.06 bits per heavy atom. The third kappa shape index (κ3) is 2.74. The molecule has 1 aromatic rings. The number of hydrogen-bond acceptors (Lipinski definition) is 6. The van der Waals surface area contributed by atoms with Crippen molar-refractivity contribution in [2.45, 2.75) is 6.54 Å². The van der Waals surface area contributed by atoms with E-state index in [1.165, 1.54) is 0 Å². The van der Waals surface area contributed by atoms with E-state index < -0.39 is 0 Å². The maximum Gasteiger partial charge on any atom is 0.155 e. The molecule has 1 aromatic heterocycles. The Bertz CT molecular complexity index is 381. The zero-order valence-corrected chi connectivity index (χ0v) is 9.14. The van der Waals surface area contributed by atoms with Gasteiger partial charge in [0.05, 0.1) is 19.8 Å². The molecule has 0 radical (unpaired) electrons. The molecule has 0 aromatic carbocycles. The number of amidine groups is 1. The number of anilines is 1. The van der Waals surface area contributed by atoms with Crippen LogP contribution in [0.25, 0.3) is 0 Å². The molecule has 1 aliphatic rings. The molecule has 0 bridgehead atoms. The Morgan fingerprint density at radius 1 is 1.31 bits per heavy atom. The average Bonchev–Trinajstić information content (AvgIpc) is 2.34. The zero-order chi connectivity index (χ0) is 11.2. The molecule has 6 heteroatoms. The van der Waals surface area contributed by atoms with Crippen molar-refractivity contribution in [2.75, 3.05) is 32.2 Å². The van der Waals surface area contributed by atoms with Gasteiger partial charge in [0, 0.05) is 19.5 Å². The molecule has 2 rings (SSSR count). The van der Waals surface area contributed by atoms with Crippen molar-refractivity contribution in [3.05, 3.63) is 18.1 Å². The van der Waals surface area contributed by atoms with Gasteiger partial charge in [-0.1, -0.05) is 0 Å². The second kappa shape index (κ2) is 5.53. The van der Waals surface area contributed by atoms with E-state index in [-0.39, 0.29) is 0 Å². The molecule has 2 heterocycles. The van der Waals surface area contributed by atoms with Crippen LogP contribution < -0.4 is 5.32 Å². The number of fused-ring (bicyclic) bond motifs is 1. The van der Waals surface area contributed by atoms with Crippen LogP contribution in [0.1, 0.15) is 5.69 Å². The lowest BCUT2D eigenvalue weighted by Crippen LogP contribution is -2.25. The van der Waals surface area contributed by atoms with Gasteiger partial charge in [-0.3, -0.25) is 9.98 Å². The fourth-order valence-corrected chi connectivity index (χ4v) is 1.33. The highest BCUT2D eigenvalue weighted by atomic mass is 16.5. The van der Waals surface area contributed by atoms with Crippen LogP contribution in [0.2, 0.25) is 0 Å². The third-order valence-electron chi connectivity index (χ3n) is 2.13.